The van der Waals surface area contributed by atoms with Gasteiger partial charge in [-0.1, -0.05) is 30.3 Å². The highest BCUT2D eigenvalue weighted by atomic mass is 35.5. The molecule has 3 rings (SSSR count). The van der Waals surface area contributed by atoms with Gasteiger partial charge in [-0.3, -0.25) is 9.78 Å². The minimum atomic E-state index is -0.114. The maximum atomic E-state index is 12.2. The van der Waals surface area contributed by atoms with Gasteiger partial charge >= 0.3 is 0 Å². The molecule has 1 aliphatic carbocycles. The van der Waals surface area contributed by atoms with Crippen LogP contribution in [-0.4, -0.2) is 23.5 Å². The quantitative estimate of drug-likeness (QED) is 0.867. The standard InChI is InChI=1S/C17H19N3O.2ClH/c18-16(13-6-7-13)11-20-17(21)15-8-14(9-19-10-15)12-4-2-1-3-5-12;;/h1-5,8-10,13,16H,6-7,11,18H2,(H,20,21);2*1H. The first-order valence-corrected chi connectivity index (χ1v) is 7.28. The Labute approximate surface area is 148 Å². The van der Waals surface area contributed by atoms with Crippen molar-refractivity contribution in [1.82, 2.24) is 10.3 Å². The number of hydrogen-bond donors (Lipinski definition) is 2. The van der Waals surface area contributed by atoms with Crippen LogP contribution in [0.3, 0.4) is 0 Å². The molecule has 1 fully saturated rings. The largest absolute Gasteiger partial charge is 0.350 e. The van der Waals surface area contributed by atoms with E-state index in [0.717, 1.165) is 11.1 Å². The summed E-state index contributed by atoms with van der Waals surface area (Å²) in [6, 6.07) is 11.8. The van der Waals surface area contributed by atoms with E-state index in [1.807, 2.05) is 36.4 Å². The van der Waals surface area contributed by atoms with Gasteiger partial charge in [0, 0.05) is 30.5 Å². The highest BCUT2D eigenvalue weighted by Crippen LogP contribution is 2.31. The average Bonchev–Trinajstić information content (AvgIpc) is 3.38. The van der Waals surface area contributed by atoms with E-state index in [-0.39, 0.29) is 36.8 Å². The molecule has 0 radical (unpaired) electrons. The van der Waals surface area contributed by atoms with Crippen molar-refractivity contribution in [2.75, 3.05) is 6.54 Å². The van der Waals surface area contributed by atoms with Crippen LogP contribution in [0.1, 0.15) is 23.2 Å². The van der Waals surface area contributed by atoms with Gasteiger partial charge in [0.05, 0.1) is 5.56 Å². The van der Waals surface area contributed by atoms with E-state index in [1.54, 1.807) is 12.4 Å². The number of benzene rings is 1. The number of hydrogen-bond acceptors (Lipinski definition) is 3. The zero-order valence-electron chi connectivity index (χ0n) is 12.6. The van der Waals surface area contributed by atoms with Gasteiger partial charge in [0.15, 0.2) is 0 Å². The molecule has 1 saturated carbocycles. The molecule has 0 spiro atoms. The minimum Gasteiger partial charge on any atom is -0.350 e. The van der Waals surface area contributed by atoms with E-state index in [1.165, 1.54) is 12.8 Å². The van der Waals surface area contributed by atoms with Crippen LogP contribution in [0.15, 0.2) is 48.8 Å². The maximum Gasteiger partial charge on any atom is 0.252 e. The minimum absolute atomic E-state index is 0. The van der Waals surface area contributed by atoms with Gasteiger partial charge in [-0.25, -0.2) is 0 Å². The molecule has 3 N–H and O–H groups in total. The zero-order chi connectivity index (χ0) is 14.7. The molecule has 1 aromatic heterocycles. The van der Waals surface area contributed by atoms with Crippen LogP contribution in [0.5, 0.6) is 0 Å². The molecule has 1 aliphatic rings. The Morgan fingerprint density at radius 3 is 2.52 bits per heavy atom. The Bertz CT molecular complexity index is 633. The summed E-state index contributed by atoms with van der Waals surface area (Å²) in [5.41, 5.74) is 8.55. The predicted molar refractivity (Wildman–Crippen MR) is 97.2 cm³/mol. The van der Waals surface area contributed by atoms with Crippen molar-refractivity contribution in [1.29, 1.82) is 0 Å². The second-order valence-electron chi connectivity index (χ2n) is 5.54. The first-order chi connectivity index (χ1) is 10.2. The van der Waals surface area contributed by atoms with Crippen LogP contribution >= 0.6 is 24.8 Å². The van der Waals surface area contributed by atoms with Gasteiger partial charge in [-0.15, -0.1) is 24.8 Å². The molecule has 1 amide bonds. The van der Waals surface area contributed by atoms with Crippen molar-refractivity contribution in [3.05, 3.63) is 54.4 Å². The lowest BCUT2D eigenvalue weighted by Gasteiger charge is -2.11. The first kappa shape index (κ1) is 19.4. The first-order valence-electron chi connectivity index (χ1n) is 7.28. The van der Waals surface area contributed by atoms with Crippen LogP contribution in [0.4, 0.5) is 0 Å². The van der Waals surface area contributed by atoms with Gasteiger partial charge in [0.2, 0.25) is 0 Å². The van der Waals surface area contributed by atoms with Crippen molar-refractivity contribution in [2.24, 2.45) is 11.7 Å². The van der Waals surface area contributed by atoms with E-state index < -0.39 is 0 Å². The fourth-order valence-corrected chi connectivity index (χ4v) is 2.36. The molecular formula is C17H21Cl2N3O. The molecular weight excluding hydrogens is 333 g/mol. The monoisotopic (exact) mass is 353 g/mol. The van der Waals surface area contributed by atoms with E-state index in [4.69, 9.17) is 5.73 Å². The lowest BCUT2D eigenvalue weighted by molar-refractivity contribution is 0.0950. The third-order valence-corrected chi connectivity index (χ3v) is 3.83. The van der Waals surface area contributed by atoms with Crippen LogP contribution in [0, 0.1) is 5.92 Å². The predicted octanol–water partition coefficient (Wildman–Crippen LogP) is 3.06. The Morgan fingerprint density at radius 1 is 1.17 bits per heavy atom. The number of nitrogens with zero attached hydrogens (tertiary/aromatic N) is 1. The number of amides is 1. The lowest BCUT2D eigenvalue weighted by atomic mass is 10.1. The Hall–Kier alpha value is -1.62. The average molecular weight is 354 g/mol. The summed E-state index contributed by atoms with van der Waals surface area (Å²) in [6.07, 6.45) is 5.72. The number of aromatic nitrogens is 1. The highest BCUT2D eigenvalue weighted by Gasteiger charge is 2.28. The third-order valence-electron chi connectivity index (χ3n) is 3.83. The summed E-state index contributed by atoms with van der Waals surface area (Å²) in [4.78, 5) is 16.3. The number of carbonyl (C=O) groups excluding carboxylic acids is 1. The van der Waals surface area contributed by atoms with Gasteiger partial charge in [-0.05, 0) is 30.4 Å². The third kappa shape index (κ3) is 5.20. The summed E-state index contributed by atoms with van der Waals surface area (Å²) < 4.78 is 0. The van der Waals surface area contributed by atoms with E-state index >= 15 is 0 Å². The Morgan fingerprint density at radius 2 is 1.87 bits per heavy atom. The van der Waals surface area contributed by atoms with Crippen LogP contribution in [-0.2, 0) is 0 Å². The highest BCUT2D eigenvalue weighted by molar-refractivity contribution is 5.95. The normalized spacial score (nSPS) is 14.1. The van der Waals surface area contributed by atoms with E-state index in [9.17, 15) is 4.79 Å². The van der Waals surface area contributed by atoms with Crippen molar-refractivity contribution >= 4 is 30.7 Å². The molecule has 6 heteroatoms. The Balaban J connectivity index is 0.00000132. The second kappa shape index (κ2) is 8.87. The fraction of sp³-hybridized carbons (Fsp3) is 0.294. The summed E-state index contributed by atoms with van der Waals surface area (Å²) in [7, 11) is 0. The molecule has 124 valence electrons. The fourth-order valence-electron chi connectivity index (χ4n) is 2.36. The number of halogens is 2. The summed E-state index contributed by atoms with van der Waals surface area (Å²) in [5, 5.41) is 2.89. The Kier molecular flexibility index (Phi) is 7.49. The molecule has 2 aromatic rings. The number of pyridine rings is 1. The van der Waals surface area contributed by atoms with Gasteiger partial charge in [-0.2, -0.15) is 0 Å². The van der Waals surface area contributed by atoms with Crippen LogP contribution in [0.2, 0.25) is 0 Å². The maximum absolute atomic E-state index is 12.2. The van der Waals surface area contributed by atoms with Gasteiger partial charge in [0.25, 0.3) is 5.91 Å². The van der Waals surface area contributed by atoms with Crippen molar-refractivity contribution in [3.8, 4) is 11.1 Å². The number of carbonyl (C=O) groups is 1. The number of rotatable bonds is 5. The van der Waals surface area contributed by atoms with Crippen molar-refractivity contribution in [3.63, 3.8) is 0 Å². The molecule has 0 aliphatic heterocycles. The van der Waals surface area contributed by atoms with Crippen LogP contribution in [0.25, 0.3) is 11.1 Å². The second-order valence-corrected chi connectivity index (χ2v) is 5.54. The zero-order valence-corrected chi connectivity index (χ0v) is 14.3. The van der Waals surface area contributed by atoms with Gasteiger partial charge < -0.3 is 11.1 Å². The van der Waals surface area contributed by atoms with Crippen LogP contribution < -0.4 is 11.1 Å². The SMILES string of the molecule is Cl.Cl.NC(CNC(=O)c1cncc(-c2ccccc2)c1)C1CC1. The molecule has 0 bridgehead atoms. The lowest BCUT2D eigenvalue weighted by Crippen LogP contribution is -2.38. The van der Waals surface area contributed by atoms with E-state index in [0.29, 0.717) is 18.0 Å². The number of nitrogens with two attached hydrogens (primary N) is 1. The molecule has 4 nitrogen and oxygen atoms in total. The molecule has 1 heterocycles. The molecule has 1 unspecified atom stereocenters. The number of nitrogens with one attached hydrogen (secondary N) is 1. The topological polar surface area (TPSA) is 68.0 Å². The summed E-state index contributed by atoms with van der Waals surface area (Å²) in [5.74, 6) is 0.468. The van der Waals surface area contributed by atoms with Crippen molar-refractivity contribution < 1.29 is 4.79 Å². The van der Waals surface area contributed by atoms with E-state index in [2.05, 4.69) is 10.3 Å². The summed E-state index contributed by atoms with van der Waals surface area (Å²) >= 11 is 0. The molecule has 23 heavy (non-hydrogen) atoms. The summed E-state index contributed by atoms with van der Waals surface area (Å²) in [6.45, 7) is 0.527. The molecule has 1 aromatic carbocycles. The van der Waals surface area contributed by atoms with Gasteiger partial charge in [0.1, 0.15) is 0 Å². The molecule has 0 saturated heterocycles. The van der Waals surface area contributed by atoms with Crippen molar-refractivity contribution in [2.45, 2.75) is 18.9 Å². The smallest absolute Gasteiger partial charge is 0.252 e. The molecule has 1 atom stereocenters.